The molecular formula is C14H17NS. The Balaban J connectivity index is 2.20. The second-order valence-electron chi connectivity index (χ2n) is 4.25. The van der Waals surface area contributed by atoms with E-state index in [1.54, 1.807) is 11.3 Å². The van der Waals surface area contributed by atoms with Gasteiger partial charge in [-0.25, -0.2) is 0 Å². The number of rotatable bonds is 3. The van der Waals surface area contributed by atoms with Gasteiger partial charge in [-0.2, -0.15) is 0 Å². The van der Waals surface area contributed by atoms with Crippen LogP contribution in [0.15, 0.2) is 35.7 Å². The molecule has 1 nitrogen and oxygen atoms in total. The van der Waals surface area contributed by atoms with Crippen LogP contribution in [0.5, 0.6) is 0 Å². The Hall–Kier alpha value is -1.12. The van der Waals surface area contributed by atoms with Crippen molar-refractivity contribution in [2.45, 2.75) is 26.3 Å². The van der Waals surface area contributed by atoms with Crippen molar-refractivity contribution in [3.05, 3.63) is 57.3 Å². The molecule has 84 valence electrons. The van der Waals surface area contributed by atoms with Crippen LogP contribution in [0.4, 0.5) is 0 Å². The lowest BCUT2D eigenvalue weighted by molar-refractivity contribution is 0.724. The Labute approximate surface area is 101 Å². The third-order valence-electron chi connectivity index (χ3n) is 2.84. The molecule has 0 bridgehead atoms. The molecule has 1 atom stereocenters. The van der Waals surface area contributed by atoms with E-state index >= 15 is 0 Å². The average molecular weight is 231 g/mol. The summed E-state index contributed by atoms with van der Waals surface area (Å²) < 4.78 is 0. The van der Waals surface area contributed by atoms with E-state index in [1.807, 2.05) is 0 Å². The van der Waals surface area contributed by atoms with Crippen LogP contribution in [0.2, 0.25) is 0 Å². The summed E-state index contributed by atoms with van der Waals surface area (Å²) in [6, 6.07) is 10.8. The summed E-state index contributed by atoms with van der Waals surface area (Å²) in [5.74, 6) is 0. The maximum atomic E-state index is 6.26. The molecule has 0 saturated heterocycles. The van der Waals surface area contributed by atoms with E-state index < -0.39 is 0 Å². The molecule has 0 saturated carbocycles. The summed E-state index contributed by atoms with van der Waals surface area (Å²) >= 11 is 1.78. The standard InChI is InChI=1S/C14H17NS/c1-10-5-6-11(2)13(8-10)14(15)9-12-4-3-7-16-12/h3-8,14H,9,15H2,1-2H3. The zero-order valence-electron chi connectivity index (χ0n) is 9.73. The summed E-state index contributed by atoms with van der Waals surface area (Å²) in [5.41, 5.74) is 10.1. The van der Waals surface area contributed by atoms with Gasteiger partial charge in [0.05, 0.1) is 0 Å². The summed E-state index contributed by atoms with van der Waals surface area (Å²) in [4.78, 5) is 1.36. The lowest BCUT2D eigenvalue weighted by Crippen LogP contribution is -2.14. The van der Waals surface area contributed by atoms with Gasteiger partial charge in [-0.15, -0.1) is 11.3 Å². The molecule has 0 aliphatic heterocycles. The second kappa shape index (κ2) is 4.81. The summed E-state index contributed by atoms with van der Waals surface area (Å²) in [6.07, 6.45) is 0.932. The monoisotopic (exact) mass is 231 g/mol. The SMILES string of the molecule is Cc1ccc(C)c(C(N)Cc2cccs2)c1. The molecule has 2 heteroatoms. The molecule has 2 aromatic rings. The van der Waals surface area contributed by atoms with E-state index in [9.17, 15) is 0 Å². The zero-order chi connectivity index (χ0) is 11.5. The molecule has 2 rings (SSSR count). The minimum Gasteiger partial charge on any atom is -0.324 e. The third kappa shape index (κ3) is 2.52. The maximum Gasteiger partial charge on any atom is 0.0346 e. The first-order chi connectivity index (χ1) is 7.66. The van der Waals surface area contributed by atoms with Crippen molar-refractivity contribution >= 4 is 11.3 Å². The van der Waals surface area contributed by atoms with Crippen molar-refractivity contribution in [1.82, 2.24) is 0 Å². The van der Waals surface area contributed by atoms with Gasteiger partial charge in [0.1, 0.15) is 0 Å². The maximum absolute atomic E-state index is 6.26. The zero-order valence-corrected chi connectivity index (χ0v) is 10.6. The van der Waals surface area contributed by atoms with Crippen LogP contribution in [-0.4, -0.2) is 0 Å². The topological polar surface area (TPSA) is 26.0 Å². The van der Waals surface area contributed by atoms with Crippen LogP contribution in [0, 0.1) is 13.8 Å². The fraction of sp³-hybridized carbons (Fsp3) is 0.286. The van der Waals surface area contributed by atoms with Gasteiger partial charge in [0.2, 0.25) is 0 Å². The van der Waals surface area contributed by atoms with Crippen molar-refractivity contribution in [2.24, 2.45) is 5.73 Å². The predicted octanol–water partition coefficient (Wildman–Crippen LogP) is 3.61. The van der Waals surface area contributed by atoms with Crippen molar-refractivity contribution in [2.75, 3.05) is 0 Å². The van der Waals surface area contributed by atoms with Crippen LogP contribution < -0.4 is 5.73 Å². The molecule has 1 unspecified atom stereocenters. The van der Waals surface area contributed by atoms with Crippen molar-refractivity contribution < 1.29 is 0 Å². The van der Waals surface area contributed by atoms with Crippen LogP contribution in [0.1, 0.15) is 27.6 Å². The summed E-state index contributed by atoms with van der Waals surface area (Å²) in [7, 11) is 0. The van der Waals surface area contributed by atoms with Gasteiger partial charge in [-0.1, -0.05) is 29.8 Å². The Kier molecular flexibility index (Phi) is 3.42. The van der Waals surface area contributed by atoms with Crippen LogP contribution >= 0.6 is 11.3 Å². The highest BCUT2D eigenvalue weighted by Crippen LogP contribution is 2.22. The normalized spacial score (nSPS) is 12.7. The molecule has 2 N–H and O–H groups in total. The Morgan fingerprint density at radius 3 is 2.75 bits per heavy atom. The quantitative estimate of drug-likeness (QED) is 0.858. The molecule has 0 amide bonds. The van der Waals surface area contributed by atoms with E-state index in [4.69, 9.17) is 5.73 Å². The van der Waals surface area contributed by atoms with E-state index in [2.05, 4.69) is 49.6 Å². The number of hydrogen-bond acceptors (Lipinski definition) is 2. The highest BCUT2D eigenvalue weighted by molar-refractivity contribution is 7.09. The van der Waals surface area contributed by atoms with Gasteiger partial charge >= 0.3 is 0 Å². The number of aryl methyl sites for hydroxylation is 2. The molecule has 0 aliphatic carbocycles. The van der Waals surface area contributed by atoms with Gasteiger partial charge in [0.25, 0.3) is 0 Å². The minimum absolute atomic E-state index is 0.110. The van der Waals surface area contributed by atoms with E-state index in [0.717, 1.165) is 6.42 Å². The molecule has 1 aromatic carbocycles. The first-order valence-corrected chi connectivity index (χ1v) is 6.40. The Morgan fingerprint density at radius 1 is 1.25 bits per heavy atom. The van der Waals surface area contributed by atoms with Gasteiger partial charge in [-0.3, -0.25) is 0 Å². The highest BCUT2D eigenvalue weighted by Gasteiger charge is 2.10. The molecular weight excluding hydrogens is 214 g/mol. The fourth-order valence-corrected chi connectivity index (χ4v) is 2.68. The number of thiophene rings is 1. The Bertz CT molecular complexity index is 460. The fourth-order valence-electron chi connectivity index (χ4n) is 1.91. The molecule has 0 fully saturated rings. The molecule has 16 heavy (non-hydrogen) atoms. The van der Waals surface area contributed by atoms with Crippen LogP contribution in [0.3, 0.4) is 0 Å². The van der Waals surface area contributed by atoms with Gasteiger partial charge < -0.3 is 5.73 Å². The Morgan fingerprint density at radius 2 is 2.06 bits per heavy atom. The molecule has 0 spiro atoms. The first kappa shape index (κ1) is 11.4. The van der Waals surface area contributed by atoms with E-state index in [0.29, 0.717) is 0 Å². The van der Waals surface area contributed by atoms with E-state index in [1.165, 1.54) is 21.6 Å². The second-order valence-corrected chi connectivity index (χ2v) is 5.28. The smallest absolute Gasteiger partial charge is 0.0346 e. The van der Waals surface area contributed by atoms with E-state index in [-0.39, 0.29) is 6.04 Å². The minimum atomic E-state index is 0.110. The summed E-state index contributed by atoms with van der Waals surface area (Å²) in [6.45, 7) is 4.24. The van der Waals surface area contributed by atoms with Crippen LogP contribution in [0.25, 0.3) is 0 Å². The number of benzene rings is 1. The lowest BCUT2D eigenvalue weighted by atomic mass is 9.97. The van der Waals surface area contributed by atoms with Crippen LogP contribution in [-0.2, 0) is 6.42 Å². The molecule has 0 aliphatic rings. The largest absolute Gasteiger partial charge is 0.324 e. The van der Waals surface area contributed by atoms with Crippen molar-refractivity contribution in [3.8, 4) is 0 Å². The first-order valence-electron chi connectivity index (χ1n) is 5.52. The number of hydrogen-bond donors (Lipinski definition) is 1. The predicted molar refractivity (Wildman–Crippen MR) is 70.9 cm³/mol. The summed E-state index contributed by atoms with van der Waals surface area (Å²) in [5, 5.41) is 2.10. The third-order valence-corrected chi connectivity index (χ3v) is 3.73. The van der Waals surface area contributed by atoms with Gasteiger partial charge in [0, 0.05) is 17.3 Å². The molecule has 0 radical (unpaired) electrons. The van der Waals surface area contributed by atoms with Crippen molar-refractivity contribution in [3.63, 3.8) is 0 Å². The average Bonchev–Trinajstić information content (AvgIpc) is 2.74. The van der Waals surface area contributed by atoms with Crippen molar-refractivity contribution in [1.29, 1.82) is 0 Å². The van der Waals surface area contributed by atoms with Gasteiger partial charge in [0.15, 0.2) is 0 Å². The molecule has 1 aromatic heterocycles. The van der Waals surface area contributed by atoms with Gasteiger partial charge in [-0.05, 0) is 36.4 Å². The molecule has 1 heterocycles. The highest BCUT2D eigenvalue weighted by atomic mass is 32.1. The lowest BCUT2D eigenvalue weighted by Gasteiger charge is -2.14. The number of nitrogens with two attached hydrogens (primary N) is 1.